The van der Waals surface area contributed by atoms with Crippen LogP contribution in [0.2, 0.25) is 10.0 Å². The Balaban J connectivity index is 2.48. The van der Waals surface area contributed by atoms with Crippen LogP contribution in [0.1, 0.15) is 26.1 Å². The minimum absolute atomic E-state index is 0.516. The molecule has 0 atom stereocenters. The topological polar surface area (TPSA) is 42.7 Å². The lowest BCUT2D eigenvalue weighted by Gasteiger charge is -2.12. The summed E-state index contributed by atoms with van der Waals surface area (Å²) in [5, 5.41) is 4.16. The third-order valence-electron chi connectivity index (χ3n) is 2.67. The molecule has 0 saturated heterocycles. The van der Waals surface area contributed by atoms with Gasteiger partial charge in [0.2, 0.25) is 0 Å². The summed E-state index contributed by atoms with van der Waals surface area (Å²) in [5.74, 6) is 2.24. The summed E-state index contributed by atoms with van der Waals surface area (Å²) >= 11 is 12.4. The normalized spacial score (nSPS) is 10.7. The highest BCUT2D eigenvalue weighted by Crippen LogP contribution is 2.28. The molecule has 0 amide bonds. The molecule has 6 heteroatoms. The highest BCUT2D eigenvalue weighted by molar-refractivity contribution is 6.36. The first kappa shape index (κ1) is 14.2. The molecular weight excluding hydrogens is 283 g/mol. The van der Waals surface area contributed by atoms with E-state index in [1.54, 1.807) is 12.3 Å². The fraction of sp³-hybridized carbons (Fsp3) is 0.385. The van der Waals surface area contributed by atoms with Crippen LogP contribution in [0.3, 0.4) is 0 Å². The van der Waals surface area contributed by atoms with Crippen LogP contribution < -0.4 is 5.32 Å². The molecule has 102 valence electrons. The minimum Gasteiger partial charge on any atom is -0.369 e. The Morgan fingerprint density at radius 3 is 2.74 bits per heavy atom. The molecule has 2 aromatic rings. The van der Waals surface area contributed by atoms with Gasteiger partial charge < -0.3 is 5.32 Å². The van der Waals surface area contributed by atoms with Gasteiger partial charge in [-0.25, -0.2) is 9.97 Å². The summed E-state index contributed by atoms with van der Waals surface area (Å²) in [6, 6.07) is 1.71. The van der Waals surface area contributed by atoms with Crippen LogP contribution in [0.5, 0.6) is 0 Å². The van der Waals surface area contributed by atoms with E-state index in [2.05, 4.69) is 22.2 Å². The zero-order chi connectivity index (χ0) is 13.8. The van der Waals surface area contributed by atoms with E-state index in [1.807, 2.05) is 17.7 Å². The highest BCUT2D eigenvalue weighted by atomic mass is 35.5. The number of imidazole rings is 1. The number of nitrogens with zero attached hydrogens (tertiary/aromatic N) is 3. The van der Waals surface area contributed by atoms with Crippen molar-refractivity contribution >= 4 is 29.0 Å². The Morgan fingerprint density at radius 2 is 2.05 bits per heavy atom. The molecule has 0 aromatic carbocycles. The molecule has 0 aliphatic rings. The van der Waals surface area contributed by atoms with E-state index < -0.39 is 0 Å². The average molecular weight is 299 g/mol. The molecule has 19 heavy (non-hydrogen) atoms. The monoisotopic (exact) mass is 298 g/mol. The van der Waals surface area contributed by atoms with Crippen molar-refractivity contribution in [2.24, 2.45) is 0 Å². The number of aryl methyl sites for hydroxylation is 1. The molecule has 2 rings (SSSR count). The second kappa shape index (κ2) is 6.26. The lowest BCUT2D eigenvalue weighted by atomic mass is 10.3. The van der Waals surface area contributed by atoms with E-state index in [-0.39, 0.29) is 0 Å². The number of rotatable bonds is 5. The lowest BCUT2D eigenvalue weighted by molar-refractivity contribution is 0.798. The standard InChI is InChI=1S/C13H16Cl2N4/c1-3-5-11-17-6-7-19(11)13-10(15)8-9(14)12(18-13)16-4-2/h6-8H,3-5H2,1-2H3,(H,16,18). The molecule has 0 fully saturated rings. The fourth-order valence-corrected chi connectivity index (χ4v) is 2.37. The number of halogens is 2. The van der Waals surface area contributed by atoms with E-state index in [4.69, 9.17) is 23.2 Å². The lowest BCUT2D eigenvalue weighted by Crippen LogP contribution is -2.07. The maximum Gasteiger partial charge on any atom is 0.159 e. The van der Waals surface area contributed by atoms with Crippen molar-refractivity contribution in [2.45, 2.75) is 26.7 Å². The van der Waals surface area contributed by atoms with Crippen molar-refractivity contribution in [2.75, 3.05) is 11.9 Å². The zero-order valence-corrected chi connectivity index (χ0v) is 12.5. The molecule has 2 aromatic heterocycles. The summed E-state index contributed by atoms with van der Waals surface area (Å²) in [5.41, 5.74) is 0. The van der Waals surface area contributed by atoms with Gasteiger partial charge in [-0.05, 0) is 19.4 Å². The molecule has 1 N–H and O–H groups in total. The van der Waals surface area contributed by atoms with Crippen molar-refractivity contribution in [3.05, 3.63) is 34.3 Å². The number of pyridine rings is 1. The third-order valence-corrected chi connectivity index (χ3v) is 3.24. The fourth-order valence-electron chi connectivity index (χ4n) is 1.85. The second-order valence-corrected chi connectivity index (χ2v) is 4.93. The summed E-state index contributed by atoms with van der Waals surface area (Å²) in [4.78, 5) is 8.83. The van der Waals surface area contributed by atoms with Crippen LogP contribution >= 0.6 is 23.2 Å². The first-order valence-corrected chi connectivity index (χ1v) is 7.05. The van der Waals surface area contributed by atoms with Crippen LogP contribution in [0.25, 0.3) is 5.82 Å². The Bertz CT molecular complexity index is 566. The van der Waals surface area contributed by atoms with Crippen molar-refractivity contribution < 1.29 is 0 Å². The molecule has 0 aliphatic carbocycles. The second-order valence-electron chi connectivity index (χ2n) is 4.12. The van der Waals surface area contributed by atoms with Crippen LogP contribution in [0.4, 0.5) is 5.82 Å². The third kappa shape index (κ3) is 3.01. The number of anilines is 1. The molecule has 0 unspecified atom stereocenters. The van der Waals surface area contributed by atoms with E-state index in [0.717, 1.165) is 25.2 Å². The van der Waals surface area contributed by atoms with Crippen molar-refractivity contribution in [1.29, 1.82) is 0 Å². The Labute approximate surface area is 122 Å². The molecule has 0 bridgehead atoms. The van der Waals surface area contributed by atoms with Gasteiger partial charge in [0.15, 0.2) is 5.82 Å². The zero-order valence-electron chi connectivity index (χ0n) is 11.0. The van der Waals surface area contributed by atoms with E-state index in [1.165, 1.54) is 0 Å². The SMILES string of the molecule is CCCc1nccn1-c1nc(NCC)c(Cl)cc1Cl. The maximum absolute atomic E-state index is 6.24. The minimum atomic E-state index is 0.516. The van der Waals surface area contributed by atoms with Gasteiger partial charge in [0.05, 0.1) is 10.0 Å². The molecule has 4 nitrogen and oxygen atoms in total. The number of aromatic nitrogens is 3. The van der Waals surface area contributed by atoms with E-state index in [0.29, 0.717) is 21.7 Å². The number of hydrogen-bond acceptors (Lipinski definition) is 3. The van der Waals surface area contributed by atoms with Crippen molar-refractivity contribution in [3.63, 3.8) is 0 Å². The quantitative estimate of drug-likeness (QED) is 0.908. The molecular formula is C13H16Cl2N4. The highest BCUT2D eigenvalue weighted by Gasteiger charge is 2.13. The molecule has 0 spiro atoms. The molecule has 0 radical (unpaired) electrons. The van der Waals surface area contributed by atoms with E-state index in [9.17, 15) is 0 Å². The summed E-state index contributed by atoms with van der Waals surface area (Å²) < 4.78 is 1.91. The predicted molar refractivity (Wildman–Crippen MR) is 79.5 cm³/mol. The summed E-state index contributed by atoms with van der Waals surface area (Å²) in [7, 11) is 0. The average Bonchev–Trinajstić information content (AvgIpc) is 2.81. The van der Waals surface area contributed by atoms with E-state index >= 15 is 0 Å². The first-order chi connectivity index (χ1) is 9.17. The number of nitrogens with one attached hydrogen (secondary N) is 1. The van der Waals surface area contributed by atoms with Crippen molar-refractivity contribution in [1.82, 2.24) is 14.5 Å². The maximum atomic E-state index is 6.24. The summed E-state index contributed by atoms with van der Waals surface area (Å²) in [6.45, 7) is 4.85. The molecule has 0 aliphatic heterocycles. The Hall–Kier alpha value is -1.26. The van der Waals surface area contributed by atoms with Crippen LogP contribution in [-0.2, 0) is 6.42 Å². The smallest absolute Gasteiger partial charge is 0.159 e. The Morgan fingerprint density at radius 1 is 1.26 bits per heavy atom. The molecule has 2 heterocycles. The van der Waals surface area contributed by atoms with Crippen LogP contribution in [-0.4, -0.2) is 21.1 Å². The van der Waals surface area contributed by atoms with Gasteiger partial charge in [-0.2, -0.15) is 0 Å². The van der Waals surface area contributed by atoms with Gasteiger partial charge in [-0.3, -0.25) is 4.57 Å². The predicted octanol–water partition coefficient (Wildman–Crippen LogP) is 3.96. The van der Waals surface area contributed by atoms with Gasteiger partial charge in [0.1, 0.15) is 11.6 Å². The molecule has 0 saturated carbocycles. The van der Waals surface area contributed by atoms with Gasteiger partial charge in [-0.15, -0.1) is 0 Å². The van der Waals surface area contributed by atoms with Gasteiger partial charge in [0.25, 0.3) is 0 Å². The Kier molecular flexibility index (Phi) is 4.66. The van der Waals surface area contributed by atoms with Crippen LogP contribution in [0, 0.1) is 0 Å². The number of hydrogen-bond donors (Lipinski definition) is 1. The van der Waals surface area contributed by atoms with Gasteiger partial charge in [0, 0.05) is 25.4 Å². The van der Waals surface area contributed by atoms with Crippen molar-refractivity contribution in [3.8, 4) is 5.82 Å². The van der Waals surface area contributed by atoms with Crippen LogP contribution in [0.15, 0.2) is 18.5 Å². The van der Waals surface area contributed by atoms with Gasteiger partial charge in [-0.1, -0.05) is 30.1 Å². The first-order valence-electron chi connectivity index (χ1n) is 6.29. The van der Waals surface area contributed by atoms with Gasteiger partial charge >= 0.3 is 0 Å². The largest absolute Gasteiger partial charge is 0.369 e. The summed E-state index contributed by atoms with van der Waals surface area (Å²) in [6.07, 6.45) is 5.51.